The van der Waals surface area contributed by atoms with Gasteiger partial charge >= 0.3 is 5.97 Å². The van der Waals surface area contributed by atoms with Crippen LogP contribution in [0.2, 0.25) is 5.02 Å². The molecule has 0 radical (unpaired) electrons. The first-order valence-corrected chi connectivity index (χ1v) is 10.1. The van der Waals surface area contributed by atoms with E-state index in [1.807, 2.05) is 30.3 Å². The number of hydrogen-bond donors (Lipinski definition) is 1. The topological polar surface area (TPSA) is 92.8 Å². The van der Waals surface area contributed by atoms with Gasteiger partial charge in [0, 0.05) is 6.54 Å². The second-order valence-electron chi connectivity index (χ2n) is 7.00. The van der Waals surface area contributed by atoms with Crippen molar-refractivity contribution in [2.45, 2.75) is 6.54 Å². The summed E-state index contributed by atoms with van der Waals surface area (Å²) in [7, 11) is 0. The van der Waals surface area contributed by atoms with Gasteiger partial charge < -0.3 is 10.1 Å². The van der Waals surface area contributed by atoms with Gasteiger partial charge in [-0.3, -0.25) is 14.4 Å². The van der Waals surface area contributed by atoms with E-state index in [-0.39, 0.29) is 27.4 Å². The summed E-state index contributed by atoms with van der Waals surface area (Å²) in [6, 6.07) is 19.9. The predicted molar refractivity (Wildman–Crippen MR) is 118 cm³/mol. The Morgan fingerprint density at radius 1 is 0.875 bits per heavy atom. The quantitative estimate of drug-likeness (QED) is 0.459. The molecule has 0 aromatic heterocycles. The summed E-state index contributed by atoms with van der Waals surface area (Å²) in [5, 5.41) is 2.91. The molecular weight excluding hydrogens is 432 g/mol. The summed E-state index contributed by atoms with van der Waals surface area (Å²) >= 11 is 6.14. The molecule has 160 valence electrons. The summed E-state index contributed by atoms with van der Waals surface area (Å²) in [5.74, 6) is -2.36. The molecule has 8 heteroatoms. The number of rotatable bonds is 6. The van der Waals surface area contributed by atoms with Crippen LogP contribution in [0.5, 0.6) is 0 Å². The van der Waals surface area contributed by atoms with Crippen LogP contribution in [0.4, 0.5) is 5.69 Å². The number of hydrogen-bond acceptors (Lipinski definition) is 5. The van der Waals surface area contributed by atoms with E-state index in [9.17, 15) is 19.2 Å². The van der Waals surface area contributed by atoms with Gasteiger partial charge in [-0.15, -0.1) is 0 Å². The van der Waals surface area contributed by atoms with E-state index in [2.05, 4.69) is 5.32 Å². The van der Waals surface area contributed by atoms with Gasteiger partial charge in [0.15, 0.2) is 6.61 Å². The number of ether oxygens (including phenoxy) is 1. The molecule has 0 unspecified atom stereocenters. The molecule has 3 amide bonds. The lowest BCUT2D eigenvalue weighted by molar-refractivity contribution is -0.124. The molecule has 0 spiro atoms. The Morgan fingerprint density at radius 3 is 2.31 bits per heavy atom. The van der Waals surface area contributed by atoms with E-state index in [1.165, 1.54) is 18.2 Å². The molecule has 0 bridgehead atoms. The van der Waals surface area contributed by atoms with Crippen LogP contribution < -0.4 is 10.2 Å². The summed E-state index contributed by atoms with van der Waals surface area (Å²) in [6.45, 7) is -0.161. The molecule has 1 heterocycles. The fourth-order valence-corrected chi connectivity index (χ4v) is 3.50. The predicted octanol–water partition coefficient (Wildman–Crippen LogP) is 3.61. The monoisotopic (exact) mass is 448 g/mol. The third kappa shape index (κ3) is 4.24. The number of imide groups is 1. The van der Waals surface area contributed by atoms with E-state index in [1.54, 1.807) is 24.3 Å². The number of nitrogens with one attached hydrogen (secondary N) is 1. The van der Waals surface area contributed by atoms with Crippen molar-refractivity contribution in [3.05, 3.63) is 100 Å². The molecule has 1 aliphatic heterocycles. The van der Waals surface area contributed by atoms with Crippen molar-refractivity contribution in [1.82, 2.24) is 5.32 Å². The largest absolute Gasteiger partial charge is 0.452 e. The number of esters is 1. The molecule has 1 N–H and O–H groups in total. The molecule has 0 aliphatic carbocycles. The first-order chi connectivity index (χ1) is 15.5. The van der Waals surface area contributed by atoms with Crippen molar-refractivity contribution in [2.75, 3.05) is 11.5 Å². The number of para-hydroxylation sites is 1. The highest BCUT2D eigenvalue weighted by atomic mass is 35.5. The maximum Gasteiger partial charge on any atom is 0.338 e. The molecule has 3 aromatic rings. The molecule has 32 heavy (non-hydrogen) atoms. The van der Waals surface area contributed by atoms with Crippen LogP contribution in [0.25, 0.3) is 0 Å². The summed E-state index contributed by atoms with van der Waals surface area (Å²) < 4.78 is 5.05. The standard InChI is InChI=1S/C24H17ClN2O5/c25-19-8-4-5-9-20(19)27-22(29)17-11-10-16(12-18(17)23(27)30)24(31)32-14-21(28)26-13-15-6-2-1-3-7-15/h1-12H,13-14H2,(H,26,28). The third-order valence-corrected chi connectivity index (χ3v) is 5.20. The first kappa shape index (κ1) is 21.3. The van der Waals surface area contributed by atoms with Crippen molar-refractivity contribution < 1.29 is 23.9 Å². The minimum Gasteiger partial charge on any atom is -0.452 e. The Bertz CT molecular complexity index is 1230. The van der Waals surface area contributed by atoms with E-state index < -0.39 is 30.3 Å². The lowest BCUT2D eigenvalue weighted by Crippen LogP contribution is -2.29. The first-order valence-electron chi connectivity index (χ1n) is 9.71. The highest BCUT2D eigenvalue weighted by Crippen LogP contribution is 2.33. The van der Waals surface area contributed by atoms with Crippen LogP contribution in [0.3, 0.4) is 0 Å². The van der Waals surface area contributed by atoms with E-state index in [0.29, 0.717) is 6.54 Å². The SMILES string of the molecule is O=C(COC(=O)c1ccc2c(c1)C(=O)N(c1ccccc1Cl)C2=O)NCc1ccccc1. The summed E-state index contributed by atoms with van der Waals surface area (Å²) in [5.41, 5.74) is 1.46. The van der Waals surface area contributed by atoms with Crippen molar-refractivity contribution in [1.29, 1.82) is 0 Å². The van der Waals surface area contributed by atoms with Gasteiger partial charge in [-0.25, -0.2) is 9.69 Å². The number of amides is 3. The second kappa shape index (κ2) is 9.03. The number of anilines is 1. The van der Waals surface area contributed by atoms with Gasteiger partial charge in [0.1, 0.15) is 0 Å². The van der Waals surface area contributed by atoms with E-state index >= 15 is 0 Å². The van der Waals surface area contributed by atoms with Gasteiger partial charge in [-0.2, -0.15) is 0 Å². The lowest BCUT2D eigenvalue weighted by atomic mass is 10.1. The highest BCUT2D eigenvalue weighted by Gasteiger charge is 2.38. The van der Waals surface area contributed by atoms with Crippen molar-refractivity contribution in [2.24, 2.45) is 0 Å². The second-order valence-corrected chi connectivity index (χ2v) is 7.40. The number of benzene rings is 3. The maximum atomic E-state index is 12.9. The minimum atomic E-state index is -0.779. The Hall–Kier alpha value is -3.97. The van der Waals surface area contributed by atoms with Crippen LogP contribution >= 0.6 is 11.6 Å². The Morgan fingerprint density at radius 2 is 1.56 bits per heavy atom. The zero-order chi connectivity index (χ0) is 22.7. The van der Waals surface area contributed by atoms with E-state index in [4.69, 9.17) is 16.3 Å². The van der Waals surface area contributed by atoms with Crippen LogP contribution in [0.1, 0.15) is 36.6 Å². The molecule has 0 atom stereocenters. The van der Waals surface area contributed by atoms with Crippen LogP contribution in [0.15, 0.2) is 72.8 Å². The van der Waals surface area contributed by atoms with Gasteiger partial charge in [0.2, 0.25) is 0 Å². The summed E-state index contributed by atoms with van der Waals surface area (Å²) in [4.78, 5) is 50.9. The van der Waals surface area contributed by atoms with Crippen LogP contribution in [-0.2, 0) is 16.1 Å². The third-order valence-electron chi connectivity index (χ3n) is 4.88. The Kier molecular flexibility index (Phi) is 6.00. The zero-order valence-electron chi connectivity index (χ0n) is 16.7. The molecule has 0 saturated carbocycles. The van der Waals surface area contributed by atoms with Gasteiger partial charge in [0.25, 0.3) is 17.7 Å². The molecule has 4 rings (SSSR count). The normalized spacial score (nSPS) is 12.5. The highest BCUT2D eigenvalue weighted by molar-refractivity contribution is 6.39. The Balaban J connectivity index is 1.42. The van der Waals surface area contributed by atoms with Crippen molar-refractivity contribution >= 4 is 41.0 Å². The zero-order valence-corrected chi connectivity index (χ0v) is 17.5. The number of fused-ring (bicyclic) bond motifs is 1. The fraction of sp³-hybridized carbons (Fsp3) is 0.0833. The number of halogens is 1. The average molecular weight is 449 g/mol. The maximum absolute atomic E-state index is 12.9. The molecule has 1 aliphatic rings. The van der Waals surface area contributed by atoms with Crippen molar-refractivity contribution in [3.8, 4) is 0 Å². The number of carbonyl (C=O) groups is 4. The molecule has 0 fully saturated rings. The van der Waals surface area contributed by atoms with Crippen LogP contribution in [-0.4, -0.2) is 30.3 Å². The van der Waals surface area contributed by atoms with Gasteiger partial charge in [0.05, 0.1) is 27.4 Å². The van der Waals surface area contributed by atoms with Gasteiger partial charge in [-0.1, -0.05) is 54.1 Å². The molecule has 0 saturated heterocycles. The van der Waals surface area contributed by atoms with Gasteiger partial charge in [-0.05, 0) is 35.9 Å². The molecular formula is C24H17ClN2O5. The van der Waals surface area contributed by atoms with Crippen molar-refractivity contribution in [3.63, 3.8) is 0 Å². The molecule has 7 nitrogen and oxygen atoms in total. The minimum absolute atomic E-state index is 0.0572. The summed E-state index contributed by atoms with van der Waals surface area (Å²) in [6.07, 6.45) is 0. The lowest BCUT2D eigenvalue weighted by Gasteiger charge is -2.15. The Labute approximate surface area is 188 Å². The van der Waals surface area contributed by atoms with E-state index in [0.717, 1.165) is 10.5 Å². The molecule has 3 aromatic carbocycles. The average Bonchev–Trinajstić information content (AvgIpc) is 3.06. The van der Waals surface area contributed by atoms with Crippen LogP contribution in [0, 0.1) is 0 Å². The number of carbonyl (C=O) groups excluding carboxylic acids is 4. The fourth-order valence-electron chi connectivity index (χ4n) is 3.28. The number of nitrogens with zero attached hydrogens (tertiary/aromatic N) is 1. The smallest absolute Gasteiger partial charge is 0.338 e.